The molecule has 25 heavy (non-hydrogen) atoms. The fraction of sp³-hybridized carbons (Fsp3) is 0.294. The van der Waals surface area contributed by atoms with Crippen molar-refractivity contribution in [1.82, 2.24) is 24.7 Å². The van der Waals surface area contributed by atoms with E-state index in [1.807, 2.05) is 44.2 Å². The van der Waals surface area contributed by atoms with Gasteiger partial charge in [-0.15, -0.1) is 10.2 Å². The number of hydrogen-bond acceptors (Lipinski definition) is 6. The number of rotatable bonds is 6. The molecule has 0 aliphatic carbocycles. The van der Waals surface area contributed by atoms with Gasteiger partial charge in [-0.05, 0) is 49.9 Å². The lowest BCUT2D eigenvalue weighted by atomic mass is 10.3. The molecule has 2 heterocycles. The maximum atomic E-state index is 6.02. The fourth-order valence-electron chi connectivity index (χ4n) is 2.35. The Morgan fingerprint density at radius 3 is 2.32 bits per heavy atom. The number of nitrogens with zero attached hydrogens (tertiary/aromatic N) is 5. The zero-order valence-electron chi connectivity index (χ0n) is 14.2. The Bertz CT molecular complexity index is 844. The predicted molar refractivity (Wildman–Crippen MR) is 104 cm³/mol. The largest absolute Gasteiger partial charge is 0.273 e. The fourth-order valence-corrected chi connectivity index (χ4v) is 4.04. The molecule has 0 fully saturated rings. The Labute approximate surface area is 160 Å². The van der Waals surface area contributed by atoms with Gasteiger partial charge in [0.25, 0.3) is 0 Å². The smallest absolute Gasteiger partial charge is 0.195 e. The van der Waals surface area contributed by atoms with Crippen molar-refractivity contribution in [2.24, 2.45) is 0 Å². The summed E-state index contributed by atoms with van der Waals surface area (Å²) in [5.74, 6) is 2.44. The summed E-state index contributed by atoms with van der Waals surface area (Å²) in [7, 11) is 0. The van der Waals surface area contributed by atoms with E-state index in [0.717, 1.165) is 39.0 Å². The highest BCUT2D eigenvalue weighted by Gasteiger charge is 2.15. The summed E-state index contributed by atoms with van der Waals surface area (Å²) in [6, 6.07) is 9.68. The van der Waals surface area contributed by atoms with Gasteiger partial charge < -0.3 is 0 Å². The van der Waals surface area contributed by atoms with E-state index in [1.54, 1.807) is 23.5 Å². The molecule has 8 heteroatoms. The van der Waals surface area contributed by atoms with Crippen molar-refractivity contribution in [3.05, 3.63) is 52.6 Å². The van der Waals surface area contributed by atoms with Gasteiger partial charge in [-0.1, -0.05) is 42.0 Å². The molecule has 3 rings (SSSR count). The van der Waals surface area contributed by atoms with Crippen LogP contribution in [0.1, 0.15) is 24.1 Å². The Kier molecular flexibility index (Phi) is 5.98. The van der Waals surface area contributed by atoms with Gasteiger partial charge in [0.2, 0.25) is 0 Å². The summed E-state index contributed by atoms with van der Waals surface area (Å²) in [4.78, 5) is 8.96. The second kappa shape index (κ2) is 8.21. The highest BCUT2D eigenvalue weighted by molar-refractivity contribution is 7.99. The predicted octanol–water partition coefficient (Wildman–Crippen LogP) is 4.73. The Morgan fingerprint density at radius 2 is 1.68 bits per heavy atom. The van der Waals surface area contributed by atoms with E-state index in [4.69, 9.17) is 11.6 Å². The molecule has 0 N–H and O–H groups in total. The first kappa shape index (κ1) is 18.2. The van der Waals surface area contributed by atoms with Crippen LogP contribution in [0.25, 0.3) is 5.69 Å². The second-order valence-electron chi connectivity index (χ2n) is 5.37. The van der Waals surface area contributed by atoms with E-state index in [-0.39, 0.29) is 0 Å². The number of thioether (sulfide) groups is 2. The van der Waals surface area contributed by atoms with Crippen LogP contribution in [-0.4, -0.2) is 30.5 Å². The molecule has 0 aliphatic heterocycles. The summed E-state index contributed by atoms with van der Waals surface area (Å²) in [5.41, 5.74) is 2.94. The number of aromatic nitrogens is 5. The van der Waals surface area contributed by atoms with Crippen LogP contribution in [0.4, 0.5) is 0 Å². The van der Waals surface area contributed by atoms with Gasteiger partial charge in [0.15, 0.2) is 10.3 Å². The van der Waals surface area contributed by atoms with E-state index >= 15 is 0 Å². The summed E-state index contributed by atoms with van der Waals surface area (Å²) >= 11 is 9.25. The van der Waals surface area contributed by atoms with Crippen molar-refractivity contribution in [3.8, 4) is 5.69 Å². The van der Waals surface area contributed by atoms with Crippen molar-refractivity contribution < 1.29 is 0 Å². The quantitative estimate of drug-likeness (QED) is 0.447. The van der Waals surface area contributed by atoms with E-state index < -0.39 is 0 Å². The third-order valence-corrected chi connectivity index (χ3v) is 5.26. The average Bonchev–Trinajstić information content (AvgIpc) is 2.96. The normalized spacial score (nSPS) is 11.0. The van der Waals surface area contributed by atoms with Gasteiger partial charge >= 0.3 is 0 Å². The molecule has 1 aromatic carbocycles. The van der Waals surface area contributed by atoms with Crippen LogP contribution in [-0.2, 0) is 5.75 Å². The number of halogens is 1. The summed E-state index contributed by atoms with van der Waals surface area (Å²) in [6.45, 7) is 6.05. The minimum atomic E-state index is 0.642. The third kappa shape index (κ3) is 4.54. The van der Waals surface area contributed by atoms with Crippen LogP contribution in [0.5, 0.6) is 0 Å². The van der Waals surface area contributed by atoms with Crippen LogP contribution < -0.4 is 0 Å². The van der Waals surface area contributed by atoms with Crippen LogP contribution in [0, 0.1) is 13.8 Å². The van der Waals surface area contributed by atoms with Gasteiger partial charge in [0, 0.05) is 22.1 Å². The van der Waals surface area contributed by atoms with E-state index in [1.165, 1.54) is 0 Å². The van der Waals surface area contributed by atoms with Gasteiger partial charge in [0.05, 0.1) is 5.75 Å². The lowest BCUT2D eigenvalue weighted by Gasteiger charge is -2.10. The summed E-state index contributed by atoms with van der Waals surface area (Å²) in [5, 5.41) is 11.1. The maximum Gasteiger partial charge on any atom is 0.195 e. The number of benzene rings is 1. The molecule has 0 atom stereocenters. The number of hydrogen-bond donors (Lipinski definition) is 0. The highest BCUT2D eigenvalue weighted by Crippen LogP contribution is 2.26. The minimum Gasteiger partial charge on any atom is -0.273 e. The standard InChI is InChI=1S/C17H18ClN5S2/c1-4-24-17-22-21-15(23(17)14-7-5-13(18)6-8-14)10-25-16-19-11(2)9-12(3)20-16/h5-9H,4,10H2,1-3H3. The molecule has 0 saturated carbocycles. The monoisotopic (exact) mass is 391 g/mol. The zero-order chi connectivity index (χ0) is 17.8. The molecule has 0 bridgehead atoms. The van der Waals surface area contributed by atoms with Gasteiger partial charge in [0.1, 0.15) is 5.82 Å². The summed E-state index contributed by atoms with van der Waals surface area (Å²) < 4.78 is 2.07. The van der Waals surface area contributed by atoms with E-state index in [0.29, 0.717) is 10.8 Å². The van der Waals surface area contributed by atoms with Crippen molar-refractivity contribution in [3.63, 3.8) is 0 Å². The van der Waals surface area contributed by atoms with Gasteiger partial charge in [-0.3, -0.25) is 4.57 Å². The van der Waals surface area contributed by atoms with Crippen LogP contribution in [0.3, 0.4) is 0 Å². The molecular weight excluding hydrogens is 374 g/mol. The molecule has 0 radical (unpaired) electrons. The Balaban J connectivity index is 1.89. The van der Waals surface area contributed by atoms with Crippen LogP contribution in [0.2, 0.25) is 5.02 Å². The molecule has 0 spiro atoms. The lowest BCUT2D eigenvalue weighted by Crippen LogP contribution is -2.02. The SMILES string of the molecule is CCSc1nnc(CSc2nc(C)cc(C)n2)n1-c1ccc(Cl)cc1. The first-order chi connectivity index (χ1) is 12.1. The Hall–Kier alpha value is -1.57. The second-order valence-corrected chi connectivity index (χ2v) is 7.98. The van der Waals surface area contributed by atoms with Crippen molar-refractivity contribution >= 4 is 35.1 Å². The van der Waals surface area contributed by atoms with Crippen molar-refractivity contribution in [1.29, 1.82) is 0 Å². The van der Waals surface area contributed by atoms with Gasteiger partial charge in [-0.25, -0.2) is 9.97 Å². The average molecular weight is 392 g/mol. The van der Waals surface area contributed by atoms with Crippen LogP contribution in [0.15, 0.2) is 40.6 Å². The molecule has 3 aromatic rings. The van der Waals surface area contributed by atoms with E-state index in [9.17, 15) is 0 Å². The first-order valence-corrected chi connectivity index (χ1v) is 10.2. The molecule has 2 aromatic heterocycles. The molecule has 0 aliphatic rings. The molecule has 5 nitrogen and oxygen atoms in total. The molecular formula is C17H18ClN5S2. The minimum absolute atomic E-state index is 0.642. The van der Waals surface area contributed by atoms with Crippen molar-refractivity contribution in [2.75, 3.05) is 5.75 Å². The Morgan fingerprint density at radius 1 is 1.00 bits per heavy atom. The number of aryl methyl sites for hydroxylation is 2. The van der Waals surface area contributed by atoms with Crippen molar-refractivity contribution in [2.45, 2.75) is 36.8 Å². The van der Waals surface area contributed by atoms with Crippen LogP contribution >= 0.6 is 35.1 Å². The zero-order valence-corrected chi connectivity index (χ0v) is 16.6. The highest BCUT2D eigenvalue weighted by atomic mass is 35.5. The van der Waals surface area contributed by atoms with E-state index in [2.05, 4.69) is 31.7 Å². The first-order valence-electron chi connectivity index (χ1n) is 7.85. The topological polar surface area (TPSA) is 56.5 Å². The molecule has 0 saturated heterocycles. The molecule has 0 unspecified atom stereocenters. The molecule has 0 amide bonds. The maximum absolute atomic E-state index is 6.02. The van der Waals surface area contributed by atoms with Gasteiger partial charge in [-0.2, -0.15) is 0 Å². The summed E-state index contributed by atoms with van der Waals surface area (Å²) in [6.07, 6.45) is 0. The lowest BCUT2D eigenvalue weighted by molar-refractivity contribution is 0.861. The molecule has 130 valence electrons. The third-order valence-electron chi connectivity index (χ3n) is 3.35.